The molecule has 1 aromatic heterocycles. The van der Waals surface area contributed by atoms with Gasteiger partial charge in [0.15, 0.2) is 11.6 Å². The summed E-state index contributed by atoms with van der Waals surface area (Å²) in [6.07, 6.45) is 1.44. The molecule has 1 heterocycles. The van der Waals surface area contributed by atoms with Crippen molar-refractivity contribution in [3.05, 3.63) is 41.6 Å². The maximum Gasteiger partial charge on any atom is 0.338 e. The van der Waals surface area contributed by atoms with Crippen molar-refractivity contribution >= 4 is 5.97 Å². The van der Waals surface area contributed by atoms with Gasteiger partial charge in [-0.15, -0.1) is 0 Å². The molecular formula is C11H8F2N2O2. The number of halogens is 2. The molecule has 2 rings (SSSR count). The Bertz CT molecular complexity index is 593. The summed E-state index contributed by atoms with van der Waals surface area (Å²) in [5.74, 6) is -4.05. The van der Waals surface area contributed by atoms with Gasteiger partial charge in [-0.05, 0) is 18.2 Å². The van der Waals surface area contributed by atoms with Gasteiger partial charge in [0.25, 0.3) is 0 Å². The molecule has 0 saturated heterocycles. The third kappa shape index (κ3) is 1.77. The topological polar surface area (TPSA) is 55.1 Å². The standard InChI is InChI=1S/C11H8F2N2O2/c1-15-8(4-5-14-15)6-2-3-7(11(16)17)10(13)9(6)12/h2-5H,1H3,(H,16,17). The third-order valence-electron chi connectivity index (χ3n) is 2.41. The van der Waals surface area contributed by atoms with E-state index in [1.807, 2.05) is 0 Å². The summed E-state index contributed by atoms with van der Waals surface area (Å²) in [5, 5.41) is 12.5. The van der Waals surface area contributed by atoms with Crippen LogP contribution in [0.25, 0.3) is 11.3 Å². The second kappa shape index (κ2) is 3.97. The van der Waals surface area contributed by atoms with Gasteiger partial charge in [-0.1, -0.05) is 0 Å². The number of benzene rings is 1. The molecule has 0 fully saturated rings. The average molecular weight is 238 g/mol. The first-order valence-corrected chi connectivity index (χ1v) is 4.72. The van der Waals surface area contributed by atoms with Gasteiger partial charge >= 0.3 is 5.97 Å². The number of aromatic nitrogens is 2. The van der Waals surface area contributed by atoms with Gasteiger partial charge in [0.05, 0.1) is 11.3 Å². The van der Waals surface area contributed by atoms with E-state index in [0.29, 0.717) is 5.69 Å². The smallest absolute Gasteiger partial charge is 0.338 e. The molecular weight excluding hydrogens is 230 g/mol. The highest BCUT2D eigenvalue weighted by Gasteiger charge is 2.19. The van der Waals surface area contributed by atoms with Crippen molar-refractivity contribution in [2.24, 2.45) is 7.05 Å². The average Bonchev–Trinajstić information content (AvgIpc) is 2.68. The number of hydrogen-bond acceptors (Lipinski definition) is 2. The van der Waals surface area contributed by atoms with Crippen LogP contribution in [0.4, 0.5) is 8.78 Å². The molecule has 0 aliphatic heterocycles. The highest BCUT2D eigenvalue weighted by molar-refractivity contribution is 5.88. The van der Waals surface area contributed by atoms with E-state index in [1.165, 1.54) is 23.0 Å². The van der Waals surface area contributed by atoms with E-state index in [2.05, 4.69) is 5.10 Å². The van der Waals surface area contributed by atoms with Gasteiger partial charge in [0.2, 0.25) is 0 Å². The molecule has 0 unspecified atom stereocenters. The van der Waals surface area contributed by atoms with Crippen molar-refractivity contribution in [3.63, 3.8) is 0 Å². The van der Waals surface area contributed by atoms with Crippen LogP contribution in [0.2, 0.25) is 0 Å². The molecule has 0 radical (unpaired) electrons. The van der Waals surface area contributed by atoms with Crippen molar-refractivity contribution in [1.82, 2.24) is 9.78 Å². The van der Waals surface area contributed by atoms with E-state index >= 15 is 0 Å². The van der Waals surface area contributed by atoms with Crippen LogP contribution in [-0.4, -0.2) is 20.9 Å². The highest BCUT2D eigenvalue weighted by Crippen LogP contribution is 2.25. The molecule has 0 amide bonds. The number of carbonyl (C=O) groups is 1. The fourth-order valence-electron chi connectivity index (χ4n) is 1.55. The first-order valence-electron chi connectivity index (χ1n) is 4.72. The van der Waals surface area contributed by atoms with Crippen molar-refractivity contribution in [1.29, 1.82) is 0 Å². The van der Waals surface area contributed by atoms with E-state index in [9.17, 15) is 13.6 Å². The predicted molar refractivity (Wildman–Crippen MR) is 55.5 cm³/mol. The van der Waals surface area contributed by atoms with Crippen LogP contribution >= 0.6 is 0 Å². The lowest BCUT2D eigenvalue weighted by atomic mass is 10.1. The Morgan fingerprint density at radius 2 is 2.00 bits per heavy atom. The third-order valence-corrected chi connectivity index (χ3v) is 2.41. The van der Waals surface area contributed by atoms with E-state index < -0.39 is 23.2 Å². The van der Waals surface area contributed by atoms with Crippen molar-refractivity contribution in [2.45, 2.75) is 0 Å². The minimum Gasteiger partial charge on any atom is -0.478 e. The van der Waals surface area contributed by atoms with Gasteiger partial charge in [-0.3, -0.25) is 4.68 Å². The maximum atomic E-state index is 13.7. The highest BCUT2D eigenvalue weighted by atomic mass is 19.2. The molecule has 17 heavy (non-hydrogen) atoms. The second-order valence-corrected chi connectivity index (χ2v) is 3.43. The molecule has 0 atom stereocenters. The molecule has 0 saturated carbocycles. The lowest BCUT2D eigenvalue weighted by molar-refractivity contribution is 0.0690. The molecule has 0 aliphatic rings. The number of hydrogen-bond donors (Lipinski definition) is 1. The molecule has 2 aromatic rings. The van der Waals surface area contributed by atoms with Crippen molar-refractivity contribution < 1.29 is 18.7 Å². The number of aryl methyl sites for hydroxylation is 1. The summed E-state index contributed by atoms with van der Waals surface area (Å²) in [7, 11) is 1.58. The largest absolute Gasteiger partial charge is 0.478 e. The monoisotopic (exact) mass is 238 g/mol. The SMILES string of the molecule is Cn1nccc1-c1ccc(C(=O)O)c(F)c1F. The minimum atomic E-state index is -1.50. The Hall–Kier alpha value is -2.24. The Balaban J connectivity index is 2.63. The first-order chi connectivity index (χ1) is 8.02. The van der Waals surface area contributed by atoms with Gasteiger partial charge in [-0.2, -0.15) is 5.10 Å². The maximum absolute atomic E-state index is 13.7. The summed E-state index contributed by atoms with van der Waals surface area (Å²) in [4.78, 5) is 10.6. The van der Waals surface area contributed by atoms with E-state index in [1.54, 1.807) is 7.05 Å². The molecule has 6 heteroatoms. The molecule has 1 N–H and O–H groups in total. The van der Waals surface area contributed by atoms with Crippen molar-refractivity contribution in [3.8, 4) is 11.3 Å². The van der Waals surface area contributed by atoms with Crippen LogP contribution in [0.15, 0.2) is 24.4 Å². The normalized spacial score (nSPS) is 10.5. The minimum absolute atomic E-state index is 0.0208. The Morgan fingerprint density at radius 1 is 1.29 bits per heavy atom. The van der Waals surface area contributed by atoms with E-state index in [-0.39, 0.29) is 5.56 Å². The van der Waals surface area contributed by atoms with Crippen LogP contribution in [0.3, 0.4) is 0 Å². The Labute approximate surface area is 95.1 Å². The summed E-state index contributed by atoms with van der Waals surface area (Å²) < 4.78 is 28.5. The molecule has 88 valence electrons. The van der Waals surface area contributed by atoms with Crippen LogP contribution in [-0.2, 0) is 7.05 Å². The molecule has 1 aromatic carbocycles. The zero-order valence-corrected chi connectivity index (χ0v) is 8.82. The second-order valence-electron chi connectivity index (χ2n) is 3.43. The summed E-state index contributed by atoms with van der Waals surface area (Å²) in [5.41, 5.74) is -0.334. The summed E-state index contributed by atoms with van der Waals surface area (Å²) in [6.45, 7) is 0. The number of carboxylic acid groups (broad SMARTS) is 1. The lowest BCUT2D eigenvalue weighted by Gasteiger charge is -2.06. The Kier molecular flexibility index (Phi) is 2.63. The quantitative estimate of drug-likeness (QED) is 0.871. The van der Waals surface area contributed by atoms with Gasteiger partial charge < -0.3 is 5.11 Å². The van der Waals surface area contributed by atoms with Crippen LogP contribution in [0.5, 0.6) is 0 Å². The molecule has 0 bridgehead atoms. The number of aromatic carboxylic acids is 1. The molecule has 0 aliphatic carbocycles. The zero-order valence-electron chi connectivity index (χ0n) is 8.82. The number of nitrogens with zero attached hydrogens (tertiary/aromatic N) is 2. The Morgan fingerprint density at radius 3 is 2.53 bits per heavy atom. The molecule has 0 spiro atoms. The predicted octanol–water partition coefficient (Wildman–Crippen LogP) is 2.06. The van der Waals surface area contributed by atoms with E-state index in [4.69, 9.17) is 5.11 Å². The summed E-state index contributed by atoms with van der Waals surface area (Å²) in [6, 6.07) is 3.76. The molecule has 4 nitrogen and oxygen atoms in total. The van der Waals surface area contributed by atoms with Crippen LogP contribution in [0, 0.1) is 11.6 Å². The number of carboxylic acids is 1. The number of rotatable bonds is 2. The zero-order chi connectivity index (χ0) is 12.6. The fraction of sp³-hybridized carbons (Fsp3) is 0.0909. The van der Waals surface area contributed by atoms with Crippen LogP contribution < -0.4 is 0 Å². The lowest BCUT2D eigenvalue weighted by Crippen LogP contribution is -2.05. The van der Waals surface area contributed by atoms with Gasteiger partial charge in [0.1, 0.15) is 0 Å². The first kappa shape index (κ1) is 11.3. The summed E-state index contributed by atoms with van der Waals surface area (Å²) >= 11 is 0. The van der Waals surface area contributed by atoms with Gasteiger partial charge in [0, 0.05) is 18.8 Å². The van der Waals surface area contributed by atoms with Crippen molar-refractivity contribution in [2.75, 3.05) is 0 Å². The van der Waals surface area contributed by atoms with Crippen LogP contribution in [0.1, 0.15) is 10.4 Å². The fourth-order valence-corrected chi connectivity index (χ4v) is 1.55. The van der Waals surface area contributed by atoms with E-state index in [0.717, 1.165) is 6.07 Å². The van der Waals surface area contributed by atoms with Gasteiger partial charge in [-0.25, -0.2) is 13.6 Å².